The summed E-state index contributed by atoms with van der Waals surface area (Å²) in [5.41, 5.74) is 3.49. The highest BCUT2D eigenvalue weighted by atomic mass is 35.5. The average molecular weight is 467 g/mol. The minimum absolute atomic E-state index is 0.246. The maximum atomic E-state index is 13.0. The van der Waals surface area contributed by atoms with Crippen molar-refractivity contribution in [3.05, 3.63) is 93.5 Å². The van der Waals surface area contributed by atoms with E-state index in [0.717, 1.165) is 11.1 Å². The molecule has 1 amide bonds. The number of benzene rings is 3. The van der Waals surface area contributed by atoms with Crippen LogP contribution >= 0.6 is 23.2 Å². The molecule has 3 aromatic carbocycles. The number of amides is 1. The Hall–Kier alpha value is -3.28. The molecule has 0 aromatic heterocycles. The second-order valence-corrected chi connectivity index (χ2v) is 7.96. The molecule has 0 saturated carbocycles. The van der Waals surface area contributed by atoms with Crippen LogP contribution in [0.5, 0.6) is 11.5 Å². The molecular weight excluding hydrogens is 447 g/mol. The van der Waals surface area contributed by atoms with Gasteiger partial charge in [-0.2, -0.15) is 10.1 Å². The van der Waals surface area contributed by atoms with Crippen molar-refractivity contribution in [3.8, 4) is 11.5 Å². The van der Waals surface area contributed by atoms with E-state index >= 15 is 0 Å². The first-order valence-electron chi connectivity index (χ1n) is 9.88. The molecule has 0 saturated heterocycles. The number of hydrogen-bond acceptors (Lipinski definition) is 4. The van der Waals surface area contributed by atoms with E-state index in [1.807, 2.05) is 48.5 Å². The smallest absolute Gasteiger partial charge is 0.280 e. The van der Waals surface area contributed by atoms with Gasteiger partial charge in [-0.1, -0.05) is 59.6 Å². The Morgan fingerprint density at radius 2 is 1.75 bits per heavy atom. The van der Waals surface area contributed by atoms with Gasteiger partial charge in [0.2, 0.25) is 0 Å². The van der Waals surface area contributed by atoms with E-state index in [9.17, 15) is 4.79 Å². The Labute approximate surface area is 196 Å². The number of methoxy groups -OCH3 is 1. The molecule has 162 valence electrons. The number of halogens is 2. The number of nitrogens with zero attached hydrogens (tertiary/aromatic N) is 2. The predicted octanol–water partition coefficient (Wildman–Crippen LogP) is 6.39. The second-order valence-electron chi connectivity index (χ2n) is 7.14. The van der Waals surface area contributed by atoms with Crippen molar-refractivity contribution < 1.29 is 14.3 Å². The molecule has 1 aliphatic heterocycles. The van der Waals surface area contributed by atoms with Crippen LogP contribution in [0.15, 0.2) is 77.4 Å². The zero-order chi connectivity index (χ0) is 22.7. The van der Waals surface area contributed by atoms with Gasteiger partial charge in [-0.3, -0.25) is 4.79 Å². The van der Waals surface area contributed by atoms with Crippen molar-refractivity contribution in [2.45, 2.75) is 13.5 Å². The molecule has 0 fully saturated rings. The van der Waals surface area contributed by atoms with Gasteiger partial charge in [0.05, 0.1) is 34.1 Å². The van der Waals surface area contributed by atoms with Gasteiger partial charge in [-0.05, 0) is 54.5 Å². The summed E-state index contributed by atoms with van der Waals surface area (Å²) >= 11 is 12.1. The summed E-state index contributed by atoms with van der Waals surface area (Å²) in [6, 6.07) is 20.4. The van der Waals surface area contributed by atoms with Crippen molar-refractivity contribution in [1.82, 2.24) is 0 Å². The lowest BCUT2D eigenvalue weighted by molar-refractivity contribution is -0.114. The Morgan fingerprint density at radius 1 is 0.969 bits per heavy atom. The molecule has 0 bridgehead atoms. The van der Waals surface area contributed by atoms with E-state index in [0.29, 0.717) is 45.1 Å². The third-order valence-corrected chi connectivity index (χ3v) is 5.69. The zero-order valence-corrected chi connectivity index (χ0v) is 19.0. The van der Waals surface area contributed by atoms with Gasteiger partial charge < -0.3 is 9.47 Å². The number of anilines is 1. The largest absolute Gasteiger partial charge is 0.493 e. The van der Waals surface area contributed by atoms with Crippen LogP contribution in [-0.2, 0) is 11.4 Å². The van der Waals surface area contributed by atoms with Gasteiger partial charge in [0, 0.05) is 0 Å². The highest BCUT2D eigenvalue weighted by Crippen LogP contribution is 2.33. The number of ether oxygens (including phenoxy) is 2. The monoisotopic (exact) mass is 466 g/mol. The van der Waals surface area contributed by atoms with Crippen molar-refractivity contribution in [3.63, 3.8) is 0 Å². The maximum Gasteiger partial charge on any atom is 0.280 e. The van der Waals surface area contributed by atoms with E-state index < -0.39 is 0 Å². The predicted molar refractivity (Wildman–Crippen MR) is 129 cm³/mol. The third-order valence-electron chi connectivity index (χ3n) is 4.95. The number of rotatable bonds is 6. The average Bonchev–Trinajstić information content (AvgIpc) is 3.09. The van der Waals surface area contributed by atoms with Crippen LogP contribution in [-0.4, -0.2) is 18.7 Å². The van der Waals surface area contributed by atoms with Crippen LogP contribution in [0.25, 0.3) is 6.08 Å². The van der Waals surface area contributed by atoms with Gasteiger partial charge in [0.25, 0.3) is 5.91 Å². The fourth-order valence-electron chi connectivity index (χ4n) is 3.27. The summed E-state index contributed by atoms with van der Waals surface area (Å²) in [6.07, 6.45) is 1.78. The molecule has 0 N–H and O–H groups in total. The molecular formula is C25H20Cl2N2O3. The van der Waals surface area contributed by atoms with Crippen LogP contribution in [0.2, 0.25) is 10.0 Å². The van der Waals surface area contributed by atoms with Gasteiger partial charge in [0.1, 0.15) is 6.61 Å². The van der Waals surface area contributed by atoms with Crippen LogP contribution in [0.3, 0.4) is 0 Å². The lowest BCUT2D eigenvalue weighted by atomic mass is 10.1. The normalized spacial score (nSPS) is 14.6. The second kappa shape index (κ2) is 9.47. The topological polar surface area (TPSA) is 51.1 Å². The molecule has 0 spiro atoms. The molecule has 0 atom stereocenters. The number of hydrogen-bond donors (Lipinski definition) is 0. The highest BCUT2D eigenvalue weighted by molar-refractivity contribution is 6.42. The van der Waals surface area contributed by atoms with Crippen LogP contribution in [0.1, 0.15) is 18.1 Å². The summed E-state index contributed by atoms with van der Waals surface area (Å²) in [4.78, 5) is 13.0. The first-order valence-corrected chi connectivity index (χ1v) is 10.6. The molecule has 0 aliphatic carbocycles. The fraction of sp³-hybridized carbons (Fsp3) is 0.120. The van der Waals surface area contributed by atoms with Crippen molar-refractivity contribution in [2.75, 3.05) is 12.1 Å². The molecule has 4 rings (SSSR count). The zero-order valence-electron chi connectivity index (χ0n) is 17.5. The molecule has 1 heterocycles. The van der Waals surface area contributed by atoms with Gasteiger partial charge in [-0.15, -0.1) is 0 Å². The Kier molecular flexibility index (Phi) is 6.49. The molecule has 7 heteroatoms. The Morgan fingerprint density at radius 3 is 2.47 bits per heavy atom. The molecule has 5 nitrogen and oxygen atoms in total. The van der Waals surface area contributed by atoms with E-state index in [1.54, 1.807) is 38.3 Å². The standard InChI is InChI=1S/C25H20Cl2N2O3/c1-16-20(25(30)29(28-16)19-9-10-21(26)22(27)14-19)12-18-8-11-23(24(13-18)31-2)32-15-17-6-4-3-5-7-17/h3-14H,15H2,1-2H3/b20-12-. The van der Waals surface area contributed by atoms with Crippen LogP contribution in [0.4, 0.5) is 5.69 Å². The first kappa shape index (κ1) is 21.9. The minimum Gasteiger partial charge on any atom is -0.493 e. The number of carbonyl (C=O) groups excluding carboxylic acids is 1. The van der Waals surface area contributed by atoms with Crippen LogP contribution in [0, 0.1) is 0 Å². The van der Waals surface area contributed by atoms with Gasteiger partial charge >= 0.3 is 0 Å². The number of hydrazone groups is 1. The van der Waals surface area contributed by atoms with E-state index in [-0.39, 0.29) is 5.91 Å². The summed E-state index contributed by atoms with van der Waals surface area (Å²) < 4.78 is 11.4. The minimum atomic E-state index is -0.246. The van der Waals surface area contributed by atoms with Crippen molar-refractivity contribution in [2.24, 2.45) is 5.10 Å². The SMILES string of the molecule is COc1cc(/C=C2\C(=O)N(c3ccc(Cl)c(Cl)c3)N=C2C)ccc1OCc1ccccc1. The lowest BCUT2D eigenvalue weighted by Crippen LogP contribution is -2.21. The molecule has 0 unspecified atom stereocenters. The van der Waals surface area contributed by atoms with E-state index in [2.05, 4.69) is 5.10 Å². The van der Waals surface area contributed by atoms with Gasteiger partial charge in [-0.25, -0.2) is 0 Å². The molecule has 3 aromatic rings. The Bertz CT molecular complexity index is 1220. The van der Waals surface area contributed by atoms with Crippen molar-refractivity contribution >= 4 is 46.6 Å². The van der Waals surface area contributed by atoms with Crippen molar-refractivity contribution in [1.29, 1.82) is 0 Å². The summed E-state index contributed by atoms with van der Waals surface area (Å²) in [5, 5.41) is 6.48. The maximum absolute atomic E-state index is 13.0. The summed E-state index contributed by atoms with van der Waals surface area (Å²) in [5.74, 6) is 0.958. The third kappa shape index (κ3) is 4.64. The van der Waals surface area contributed by atoms with E-state index in [1.165, 1.54) is 5.01 Å². The summed E-state index contributed by atoms with van der Waals surface area (Å²) in [7, 11) is 1.58. The molecule has 32 heavy (non-hydrogen) atoms. The quantitative estimate of drug-likeness (QED) is 0.395. The lowest BCUT2D eigenvalue weighted by Gasteiger charge is -2.13. The fourth-order valence-corrected chi connectivity index (χ4v) is 3.56. The van der Waals surface area contributed by atoms with Crippen LogP contribution < -0.4 is 14.5 Å². The number of carbonyl (C=O) groups is 1. The van der Waals surface area contributed by atoms with Gasteiger partial charge in [0.15, 0.2) is 11.5 Å². The Balaban J connectivity index is 1.56. The molecule has 1 aliphatic rings. The molecule has 0 radical (unpaired) electrons. The van der Waals surface area contributed by atoms with E-state index in [4.69, 9.17) is 32.7 Å². The highest BCUT2D eigenvalue weighted by Gasteiger charge is 2.29. The first-order chi connectivity index (χ1) is 15.5. The summed E-state index contributed by atoms with van der Waals surface area (Å²) in [6.45, 7) is 2.22.